The van der Waals surface area contributed by atoms with Crippen molar-refractivity contribution in [2.24, 2.45) is 0 Å². The Morgan fingerprint density at radius 3 is 2.58 bits per heavy atom. The van der Waals surface area contributed by atoms with E-state index in [4.69, 9.17) is 4.74 Å². The molecule has 0 saturated heterocycles. The third kappa shape index (κ3) is 4.07. The Kier molecular flexibility index (Phi) is 5.13. The van der Waals surface area contributed by atoms with E-state index in [2.05, 4.69) is 5.32 Å². The standard InChI is InChI=1S/C17H17FN2O4/c1-10-4-7-16(15(8-10)20(22)23)24-12(3)17(21)19-13-6-5-11(2)14(18)9-13/h4-9,12H,1-3H3,(H,19,21). The Bertz CT molecular complexity index is 792. The minimum absolute atomic E-state index is 0.00309. The summed E-state index contributed by atoms with van der Waals surface area (Å²) in [4.78, 5) is 22.6. The van der Waals surface area contributed by atoms with Gasteiger partial charge < -0.3 is 10.1 Å². The van der Waals surface area contributed by atoms with E-state index in [1.54, 1.807) is 32.0 Å². The molecule has 2 rings (SSSR count). The summed E-state index contributed by atoms with van der Waals surface area (Å²) in [7, 11) is 0. The summed E-state index contributed by atoms with van der Waals surface area (Å²) in [5, 5.41) is 13.6. The predicted octanol–water partition coefficient (Wildman–Crippen LogP) is 3.76. The van der Waals surface area contributed by atoms with Crippen LogP contribution in [0.1, 0.15) is 18.1 Å². The van der Waals surface area contributed by atoms with Gasteiger partial charge in [-0.05, 0) is 50.1 Å². The molecule has 1 unspecified atom stereocenters. The zero-order chi connectivity index (χ0) is 17.9. The fourth-order valence-electron chi connectivity index (χ4n) is 2.03. The third-order valence-electron chi connectivity index (χ3n) is 3.42. The van der Waals surface area contributed by atoms with Gasteiger partial charge >= 0.3 is 5.69 Å². The van der Waals surface area contributed by atoms with Gasteiger partial charge in [-0.15, -0.1) is 0 Å². The molecule has 0 spiro atoms. The lowest BCUT2D eigenvalue weighted by atomic mass is 10.2. The molecule has 0 radical (unpaired) electrons. The van der Waals surface area contributed by atoms with Crippen molar-refractivity contribution in [3.63, 3.8) is 0 Å². The minimum Gasteiger partial charge on any atom is -0.474 e. The monoisotopic (exact) mass is 332 g/mol. The van der Waals surface area contributed by atoms with Crippen molar-refractivity contribution < 1.29 is 18.8 Å². The van der Waals surface area contributed by atoms with Gasteiger partial charge in [0.25, 0.3) is 5.91 Å². The SMILES string of the molecule is Cc1ccc(OC(C)C(=O)Nc2ccc(C)c(F)c2)c([N+](=O)[O-])c1. The van der Waals surface area contributed by atoms with E-state index in [1.807, 2.05) is 0 Å². The molecule has 1 amide bonds. The first-order valence-electron chi connectivity index (χ1n) is 7.26. The second kappa shape index (κ2) is 7.08. The van der Waals surface area contributed by atoms with E-state index in [0.29, 0.717) is 11.1 Å². The van der Waals surface area contributed by atoms with Gasteiger partial charge in [-0.2, -0.15) is 0 Å². The number of hydrogen-bond donors (Lipinski definition) is 1. The molecule has 1 atom stereocenters. The molecular formula is C17H17FN2O4. The van der Waals surface area contributed by atoms with Crippen molar-refractivity contribution in [3.05, 3.63) is 63.5 Å². The molecule has 0 aromatic heterocycles. The number of nitro benzene ring substituents is 1. The quantitative estimate of drug-likeness (QED) is 0.668. The maximum absolute atomic E-state index is 13.5. The van der Waals surface area contributed by atoms with Crippen LogP contribution in [0.15, 0.2) is 36.4 Å². The molecular weight excluding hydrogens is 315 g/mol. The van der Waals surface area contributed by atoms with E-state index in [9.17, 15) is 19.3 Å². The molecule has 0 aliphatic heterocycles. The van der Waals surface area contributed by atoms with E-state index in [1.165, 1.54) is 25.1 Å². The largest absolute Gasteiger partial charge is 0.474 e. The first-order valence-corrected chi connectivity index (χ1v) is 7.26. The summed E-state index contributed by atoms with van der Waals surface area (Å²) in [6.45, 7) is 4.80. The number of halogens is 1. The molecule has 1 N–H and O–H groups in total. The molecule has 24 heavy (non-hydrogen) atoms. The number of carbonyl (C=O) groups is 1. The van der Waals surface area contributed by atoms with Gasteiger partial charge in [-0.1, -0.05) is 12.1 Å². The molecule has 2 aromatic carbocycles. The highest BCUT2D eigenvalue weighted by Gasteiger charge is 2.21. The second-order valence-electron chi connectivity index (χ2n) is 5.44. The van der Waals surface area contributed by atoms with Crippen LogP contribution in [0.2, 0.25) is 0 Å². The van der Waals surface area contributed by atoms with Crippen molar-refractivity contribution >= 4 is 17.3 Å². The zero-order valence-corrected chi connectivity index (χ0v) is 13.5. The van der Waals surface area contributed by atoms with Gasteiger partial charge in [-0.3, -0.25) is 14.9 Å². The first kappa shape index (κ1) is 17.4. The highest BCUT2D eigenvalue weighted by molar-refractivity contribution is 5.94. The van der Waals surface area contributed by atoms with Crippen LogP contribution in [0, 0.1) is 29.8 Å². The summed E-state index contributed by atoms with van der Waals surface area (Å²) in [6, 6.07) is 8.79. The van der Waals surface area contributed by atoms with Gasteiger partial charge in [0.05, 0.1) is 4.92 Å². The topological polar surface area (TPSA) is 81.5 Å². The number of hydrogen-bond acceptors (Lipinski definition) is 4. The second-order valence-corrected chi connectivity index (χ2v) is 5.44. The van der Waals surface area contributed by atoms with Crippen LogP contribution >= 0.6 is 0 Å². The lowest BCUT2D eigenvalue weighted by molar-refractivity contribution is -0.386. The van der Waals surface area contributed by atoms with Gasteiger partial charge in [0, 0.05) is 11.8 Å². The van der Waals surface area contributed by atoms with Crippen molar-refractivity contribution in [3.8, 4) is 5.75 Å². The number of aryl methyl sites for hydroxylation is 2. The zero-order valence-electron chi connectivity index (χ0n) is 13.5. The normalized spacial score (nSPS) is 11.7. The van der Waals surface area contributed by atoms with Crippen LogP contribution in [0.25, 0.3) is 0 Å². The fourth-order valence-corrected chi connectivity index (χ4v) is 2.03. The number of amides is 1. The number of nitrogens with one attached hydrogen (secondary N) is 1. The smallest absolute Gasteiger partial charge is 0.311 e. The van der Waals surface area contributed by atoms with Crippen LogP contribution < -0.4 is 10.1 Å². The highest BCUT2D eigenvalue weighted by atomic mass is 19.1. The summed E-state index contributed by atoms with van der Waals surface area (Å²) in [6.07, 6.45) is -0.990. The summed E-state index contributed by atoms with van der Waals surface area (Å²) < 4.78 is 18.9. The molecule has 2 aromatic rings. The van der Waals surface area contributed by atoms with Crippen LogP contribution in [0.4, 0.5) is 15.8 Å². The average Bonchev–Trinajstić information content (AvgIpc) is 2.52. The number of carbonyl (C=O) groups excluding carboxylic acids is 1. The van der Waals surface area contributed by atoms with Gasteiger partial charge in [0.2, 0.25) is 0 Å². The van der Waals surface area contributed by atoms with E-state index < -0.39 is 22.8 Å². The van der Waals surface area contributed by atoms with E-state index in [-0.39, 0.29) is 17.1 Å². The Morgan fingerprint density at radius 2 is 1.96 bits per heavy atom. The fraction of sp³-hybridized carbons (Fsp3) is 0.235. The summed E-state index contributed by atoms with van der Waals surface area (Å²) >= 11 is 0. The van der Waals surface area contributed by atoms with Crippen molar-refractivity contribution in [2.45, 2.75) is 26.9 Å². The number of benzene rings is 2. The van der Waals surface area contributed by atoms with Gasteiger partial charge in [0.15, 0.2) is 11.9 Å². The Hall–Kier alpha value is -2.96. The number of ether oxygens (including phenoxy) is 1. The average molecular weight is 332 g/mol. The van der Waals surface area contributed by atoms with Crippen molar-refractivity contribution in [1.82, 2.24) is 0 Å². The van der Waals surface area contributed by atoms with Crippen LogP contribution in [0.3, 0.4) is 0 Å². The molecule has 0 fully saturated rings. The lowest BCUT2D eigenvalue weighted by Gasteiger charge is -2.15. The number of nitro groups is 1. The maximum atomic E-state index is 13.5. The van der Waals surface area contributed by atoms with E-state index >= 15 is 0 Å². The lowest BCUT2D eigenvalue weighted by Crippen LogP contribution is -2.30. The van der Waals surface area contributed by atoms with E-state index in [0.717, 1.165) is 0 Å². The third-order valence-corrected chi connectivity index (χ3v) is 3.42. The molecule has 0 aliphatic carbocycles. The van der Waals surface area contributed by atoms with Crippen molar-refractivity contribution in [1.29, 1.82) is 0 Å². The first-order chi connectivity index (χ1) is 11.3. The van der Waals surface area contributed by atoms with Crippen LogP contribution in [-0.2, 0) is 4.79 Å². The molecule has 0 heterocycles. The molecule has 126 valence electrons. The van der Waals surface area contributed by atoms with Crippen molar-refractivity contribution in [2.75, 3.05) is 5.32 Å². The summed E-state index contributed by atoms with van der Waals surface area (Å²) in [5.41, 5.74) is 1.25. The number of rotatable bonds is 5. The molecule has 6 nitrogen and oxygen atoms in total. The van der Waals surface area contributed by atoms with Gasteiger partial charge in [0.1, 0.15) is 5.82 Å². The maximum Gasteiger partial charge on any atom is 0.311 e. The highest BCUT2D eigenvalue weighted by Crippen LogP contribution is 2.28. The Balaban J connectivity index is 2.11. The molecule has 0 saturated carbocycles. The molecule has 7 heteroatoms. The van der Waals surface area contributed by atoms with Crippen LogP contribution in [-0.4, -0.2) is 16.9 Å². The summed E-state index contributed by atoms with van der Waals surface area (Å²) in [5.74, 6) is -0.966. The van der Waals surface area contributed by atoms with Gasteiger partial charge in [-0.25, -0.2) is 4.39 Å². The molecule has 0 bridgehead atoms. The molecule has 0 aliphatic rings. The Morgan fingerprint density at radius 1 is 1.25 bits per heavy atom. The predicted molar refractivity (Wildman–Crippen MR) is 87.7 cm³/mol. The number of nitrogens with zero attached hydrogens (tertiary/aromatic N) is 1. The minimum atomic E-state index is -0.990. The Labute approximate surface area is 138 Å². The number of anilines is 1. The van der Waals surface area contributed by atoms with Crippen LogP contribution in [0.5, 0.6) is 5.75 Å².